The van der Waals surface area contributed by atoms with Gasteiger partial charge in [-0.05, 0) is 48.0 Å². The second-order valence-electron chi connectivity index (χ2n) is 6.84. The van der Waals surface area contributed by atoms with Gasteiger partial charge in [0.25, 0.3) is 0 Å². The first-order valence-electron chi connectivity index (χ1n) is 8.95. The summed E-state index contributed by atoms with van der Waals surface area (Å²) in [6, 6.07) is 7.00. The Hall–Kier alpha value is -2.12. The average Bonchev–Trinajstić information content (AvgIpc) is 3.12. The van der Waals surface area contributed by atoms with Crippen molar-refractivity contribution < 1.29 is 0 Å². The molecule has 0 bridgehead atoms. The third-order valence-electron chi connectivity index (χ3n) is 4.91. The minimum absolute atomic E-state index is 0.616. The lowest BCUT2D eigenvalue weighted by Crippen LogP contribution is -2.49. The third kappa shape index (κ3) is 3.41. The van der Waals surface area contributed by atoms with Gasteiger partial charge in [-0.3, -0.25) is 4.90 Å². The predicted octanol–water partition coefficient (Wildman–Crippen LogP) is 3.77. The minimum atomic E-state index is 0.616. The molecule has 1 aliphatic rings. The maximum absolute atomic E-state index is 4.42. The number of hydrogen-bond donors (Lipinski definition) is 1. The molecule has 0 unspecified atom stereocenters. The Balaban J connectivity index is 1.51. The normalized spacial score (nSPS) is 15.8. The first-order chi connectivity index (χ1) is 12.6. The molecular formula is C19H23BrN6. The number of fused-ring (bicyclic) bond motifs is 1. The summed E-state index contributed by atoms with van der Waals surface area (Å²) in [4.78, 5) is 13.7. The Morgan fingerprint density at radius 3 is 2.46 bits per heavy atom. The summed E-state index contributed by atoms with van der Waals surface area (Å²) in [5.74, 6) is 0.752. The molecular weight excluding hydrogens is 392 g/mol. The van der Waals surface area contributed by atoms with Crippen molar-refractivity contribution in [2.45, 2.75) is 19.9 Å². The number of benzene rings is 1. The number of hydrogen-bond acceptors (Lipinski definition) is 5. The highest BCUT2D eigenvalue weighted by Crippen LogP contribution is 2.31. The van der Waals surface area contributed by atoms with Crippen molar-refractivity contribution >= 4 is 38.8 Å². The summed E-state index contributed by atoms with van der Waals surface area (Å²) in [5, 5.41) is 3.37. The van der Waals surface area contributed by atoms with Crippen LogP contribution in [0.1, 0.15) is 13.8 Å². The number of nitrogens with one attached hydrogen (secondary N) is 1. The van der Waals surface area contributed by atoms with Crippen molar-refractivity contribution in [3.05, 3.63) is 47.5 Å². The molecule has 0 radical (unpaired) electrons. The van der Waals surface area contributed by atoms with E-state index in [1.165, 1.54) is 5.69 Å². The van der Waals surface area contributed by atoms with Crippen LogP contribution in [0.25, 0.3) is 5.65 Å². The number of imidazole rings is 1. The summed E-state index contributed by atoms with van der Waals surface area (Å²) in [6.07, 6.45) is 7.36. The van der Waals surface area contributed by atoms with Gasteiger partial charge in [0.1, 0.15) is 0 Å². The smallest absolute Gasteiger partial charge is 0.180 e. The zero-order valence-corrected chi connectivity index (χ0v) is 16.6. The van der Waals surface area contributed by atoms with E-state index in [1.807, 2.05) is 16.8 Å². The molecule has 0 atom stereocenters. The Morgan fingerprint density at radius 2 is 1.77 bits per heavy atom. The fourth-order valence-corrected chi connectivity index (χ4v) is 4.03. The second kappa shape index (κ2) is 7.25. The Kier molecular flexibility index (Phi) is 4.82. The number of piperazine rings is 1. The van der Waals surface area contributed by atoms with Crippen LogP contribution in [0.15, 0.2) is 47.5 Å². The van der Waals surface area contributed by atoms with Crippen LogP contribution in [-0.4, -0.2) is 51.5 Å². The average molecular weight is 415 g/mol. The van der Waals surface area contributed by atoms with Gasteiger partial charge in [0.15, 0.2) is 11.5 Å². The zero-order valence-electron chi connectivity index (χ0n) is 15.1. The van der Waals surface area contributed by atoms with Crippen molar-refractivity contribution in [3.8, 4) is 0 Å². The molecule has 1 saturated heterocycles. The van der Waals surface area contributed by atoms with Crippen LogP contribution in [0.3, 0.4) is 0 Å². The van der Waals surface area contributed by atoms with Crippen molar-refractivity contribution in [2.75, 3.05) is 36.4 Å². The van der Waals surface area contributed by atoms with E-state index >= 15 is 0 Å². The van der Waals surface area contributed by atoms with Gasteiger partial charge in [-0.1, -0.05) is 0 Å². The highest BCUT2D eigenvalue weighted by Gasteiger charge is 2.20. The van der Waals surface area contributed by atoms with E-state index in [0.717, 1.165) is 47.8 Å². The van der Waals surface area contributed by atoms with Gasteiger partial charge in [-0.15, -0.1) is 0 Å². The summed E-state index contributed by atoms with van der Waals surface area (Å²) in [6.45, 7) is 8.85. The molecule has 1 fully saturated rings. The number of rotatable bonds is 4. The van der Waals surface area contributed by atoms with E-state index in [9.17, 15) is 0 Å². The van der Waals surface area contributed by atoms with Crippen molar-refractivity contribution in [3.63, 3.8) is 0 Å². The third-order valence-corrected chi connectivity index (χ3v) is 5.54. The molecule has 0 saturated carbocycles. The molecule has 4 rings (SSSR count). The van der Waals surface area contributed by atoms with Crippen LogP contribution in [0, 0.1) is 0 Å². The fraction of sp³-hybridized carbons (Fsp3) is 0.368. The van der Waals surface area contributed by atoms with E-state index in [1.54, 1.807) is 12.4 Å². The molecule has 26 heavy (non-hydrogen) atoms. The molecule has 0 amide bonds. The van der Waals surface area contributed by atoms with Gasteiger partial charge >= 0.3 is 0 Å². The monoisotopic (exact) mass is 414 g/mol. The minimum Gasteiger partial charge on any atom is -0.368 e. The summed E-state index contributed by atoms with van der Waals surface area (Å²) in [5.41, 5.74) is 3.05. The first kappa shape index (κ1) is 17.3. The molecule has 3 heterocycles. The van der Waals surface area contributed by atoms with Crippen LogP contribution in [0.2, 0.25) is 0 Å². The highest BCUT2D eigenvalue weighted by atomic mass is 79.9. The quantitative estimate of drug-likeness (QED) is 0.703. The van der Waals surface area contributed by atoms with Gasteiger partial charge < -0.3 is 14.6 Å². The lowest BCUT2D eigenvalue weighted by Gasteiger charge is -2.38. The van der Waals surface area contributed by atoms with Crippen LogP contribution in [0.5, 0.6) is 0 Å². The molecule has 7 heteroatoms. The predicted molar refractivity (Wildman–Crippen MR) is 109 cm³/mol. The molecule has 136 valence electrons. The largest absolute Gasteiger partial charge is 0.368 e. The van der Waals surface area contributed by atoms with Gasteiger partial charge in [0, 0.05) is 67.2 Å². The molecule has 1 aromatic carbocycles. The lowest BCUT2D eigenvalue weighted by molar-refractivity contribution is 0.209. The standard InChI is InChI=1S/C19H23BrN6/c1-14(2)24-9-11-25(12-10-24)17-4-3-15(13-16(17)20)23-18-19-22-6-8-26(19)7-5-21-18/h3-8,13-14H,9-12H2,1-2H3,(H,21,23). The molecule has 6 nitrogen and oxygen atoms in total. The number of nitrogens with zero attached hydrogens (tertiary/aromatic N) is 5. The second-order valence-corrected chi connectivity index (χ2v) is 7.70. The van der Waals surface area contributed by atoms with Crippen LogP contribution in [0.4, 0.5) is 17.2 Å². The Labute approximate surface area is 162 Å². The number of anilines is 3. The van der Waals surface area contributed by atoms with Crippen molar-refractivity contribution in [1.82, 2.24) is 19.3 Å². The molecule has 3 aromatic rings. The molecule has 1 N–H and O–H groups in total. The number of halogens is 1. The van der Waals surface area contributed by atoms with Gasteiger partial charge in [0.2, 0.25) is 0 Å². The van der Waals surface area contributed by atoms with Crippen molar-refractivity contribution in [2.24, 2.45) is 0 Å². The maximum atomic E-state index is 4.42. The van der Waals surface area contributed by atoms with E-state index in [0.29, 0.717) is 6.04 Å². The van der Waals surface area contributed by atoms with E-state index < -0.39 is 0 Å². The van der Waals surface area contributed by atoms with Crippen molar-refractivity contribution in [1.29, 1.82) is 0 Å². The van der Waals surface area contributed by atoms with Gasteiger partial charge in [-0.2, -0.15) is 0 Å². The SMILES string of the molecule is CC(C)N1CCN(c2ccc(Nc3nccn4ccnc34)cc2Br)CC1. The first-order valence-corrected chi connectivity index (χ1v) is 9.74. The van der Waals surface area contributed by atoms with E-state index in [-0.39, 0.29) is 0 Å². The highest BCUT2D eigenvalue weighted by molar-refractivity contribution is 9.10. The molecule has 1 aliphatic heterocycles. The number of aromatic nitrogens is 3. The summed E-state index contributed by atoms with van der Waals surface area (Å²) >= 11 is 3.75. The van der Waals surface area contributed by atoms with Gasteiger partial charge in [-0.25, -0.2) is 9.97 Å². The van der Waals surface area contributed by atoms with Crippen LogP contribution >= 0.6 is 15.9 Å². The molecule has 0 aliphatic carbocycles. The van der Waals surface area contributed by atoms with E-state index in [4.69, 9.17) is 0 Å². The summed E-state index contributed by atoms with van der Waals surface area (Å²) < 4.78 is 3.04. The zero-order chi connectivity index (χ0) is 18.1. The molecule has 2 aromatic heterocycles. The maximum Gasteiger partial charge on any atom is 0.180 e. The van der Waals surface area contributed by atoms with Crippen LogP contribution in [-0.2, 0) is 0 Å². The Morgan fingerprint density at radius 1 is 1.04 bits per heavy atom. The Bertz CT molecular complexity index is 898. The summed E-state index contributed by atoms with van der Waals surface area (Å²) in [7, 11) is 0. The van der Waals surface area contributed by atoms with Crippen LogP contribution < -0.4 is 10.2 Å². The lowest BCUT2D eigenvalue weighted by atomic mass is 10.2. The fourth-order valence-electron chi connectivity index (χ4n) is 3.40. The topological polar surface area (TPSA) is 48.7 Å². The van der Waals surface area contributed by atoms with Gasteiger partial charge in [0.05, 0.1) is 5.69 Å². The molecule has 0 spiro atoms. The van der Waals surface area contributed by atoms with E-state index in [2.05, 4.69) is 73.1 Å².